The Morgan fingerprint density at radius 1 is 0.714 bits per heavy atom. The van der Waals surface area contributed by atoms with Crippen LogP contribution in [-0.4, -0.2) is 0 Å². The Morgan fingerprint density at radius 2 is 0.929 bits per heavy atom. The van der Waals surface area contributed by atoms with Gasteiger partial charge in [0, 0.05) is 0 Å². The quantitative estimate of drug-likeness (QED) is 0.563. The smallest absolute Gasteiger partial charge is 0.358 e. The van der Waals surface area contributed by atoms with Crippen LogP contribution in [-0.2, 0) is 26.2 Å². The van der Waals surface area contributed by atoms with E-state index in [9.17, 15) is 0 Å². The fraction of sp³-hybridized carbons (Fsp3) is 0.462. The SMILES string of the molecule is CC1=C(C)C(C)C(C)=C1C.[CH3-].[CH3-].[CH3-].[Zr+3]. The molecular weight excluding hydrogens is 247 g/mol. The van der Waals surface area contributed by atoms with Crippen LogP contribution in [0.5, 0.6) is 0 Å². The summed E-state index contributed by atoms with van der Waals surface area (Å²) in [6.45, 7) is 11.2. The van der Waals surface area contributed by atoms with Crippen molar-refractivity contribution in [3.63, 3.8) is 0 Å². The Morgan fingerprint density at radius 3 is 1.00 bits per heavy atom. The second-order valence-corrected chi connectivity index (χ2v) is 3.34. The summed E-state index contributed by atoms with van der Waals surface area (Å²) in [6, 6.07) is 0. The number of hydrogen-bond donors (Lipinski definition) is 0. The Kier molecular flexibility index (Phi) is 14.8. The fourth-order valence-corrected chi connectivity index (χ4v) is 1.57. The van der Waals surface area contributed by atoms with Crippen molar-refractivity contribution in [2.75, 3.05) is 0 Å². The molecule has 1 heteroatoms. The van der Waals surface area contributed by atoms with Gasteiger partial charge in [0.25, 0.3) is 0 Å². The van der Waals surface area contributed by atoms with E-state index >= 15 is 0 Å². The van der Waals surface area contributed by atoms with Crippen LogP contribution in [0.2, 0.25) is 0 Å². The first kappa shape index (κ1) is 23.9. The first-order valence-electron chi connectivity index (χ1n) is 3.90. The van der Waals surface area contributed by atoms with Crippen molar-refractivity contribution in [2.45, 2.75) is 34.6 Å². The Hall–Kier alpha value is 0.363. The van der Waals surface area contributed by atoms with E-state index in [1.165, 1.54) is 11.1 Å². The molecule has 1 radical (unpaired) electrons. The second-order valence-electron chi connectivity index (χ2n) is 3.34. The minimum atomic E-state index is 0. The van der Waals surface area contributed by atoms with Gasteiger partial charge in [-0.15, -0.1) is 0 Å². The summed E-state index contributed by atoms with van der Waals surface area (Å²) >= 11 is 0. The normalized spacial score (nSPS) is 15.2. The molecular formula is C13H25Zr. The molecule has 0 saturated carbocycles. The van der Waals surface area contributed by atoms with Crippen LogP contribution >= 0.6 is 0 Å². The average Bonchev–Trinajstić information content (AvgIpc) is 2.07. The summed E-state index contributed by atoms with van der Waals surface area (Å²) < 4.78 is 0. The molecule has 0 spiro atoms. The molecule has 0 amide bonds. The predicted molar refractivity (Wildman–Crippen MR) is 65.2 cm³/mol. The summed E-state index contributed by atoms with van der Waals surface area (Å²) in [7, 11) is 0. The minimum absolute atomic E-state index is 0. The molecule has 81 valence electrons. The van der Waals surface area contributed by atoms with Crippen molar-refractivity contribution >= 4 is 0 Å². The summed E-state index contributed by atoms with van der Waals surface area (Å²) in [4.78, 5) is 0. The van der Waals surface area contributed by atoms with E-state index in [1.54, 1.807) is 11.1 Å². The zero-order chi connectivity index (χ0) is 7.89. The number of hydrogen-bond acceptors (Lipinski definition) is 0. The molecule has 0 heterocycles. The minimum Gasteiger partial charge on any atom is -0.358 e. The van der Waals surface area contributed by atoms with Crippen LogP contribution in [0.3, 0.4) is 0 Å². The van der Waals surface area contributed by atoms with E-state index < -0.39 is 0 Å². The largest absolute Gasteiger partial charge is 3.00 e. The predicted octanol–water partition coefficient (Wildman–Crippen LogP) is 4.66. The third-order valence-corrected chi connectivity index (χ3v) is 3.04. The van der Waals surface area contributed by atoms with E-state index in [-0.39, 0.29) is 48.5 Å². The topological polar surface area (TPSA) is 0 Å². The molecule has 0 fully saturated rings. The molecule has 0 aromatic rings. The molecule has 0 nitrogen and oxygen atoms in total. The van der Waals surface area contributed by atoms with Crippen molar-refractivity contribution in [1.82, 2.24) is 0 Å². The zero-order valence-electron chi connectivity index (χ0n) is 11.1. The Bertz CT molecular complexity index is 197. The zero-order valence-corrected chi connectivity index (χ0v) is 13.5. The van der Waals surface area contributed by atoms with Gasteiger partial charge in [-0.05, 0) is 44.8 Å². The molecule has 0 aliphatic heterocycles. The van der Waals surface area contributed by atoms with Gasteiger partial charge in [0.2, 0.25) is 0 Å². The second kappa shape index (κ2) is 8.65. The number of rotatable bonds is 0. The maximum atomic E-state index is 2.28. The first-order valence-corrected chi connectivity index (χ1v) is 3.90. The van der Waals surface area contributed by atoms with E-state index in [1.807, 2.05) is 0 Å². The van der Waals surface area contributed by atoms with E-state index in [0.717, 1.165) is 0 Å². The molecule has 0 aromatic heterocycles. The van der Waals surface area contributed by atoms with Gasteiger partial charge in [-0.3, -0.25) is 0 Å². The van der Waals surface area contributed by atoms with E-state index in [0.29, 0.717) is 5.92 Å². The summed E-state index contributed by atoms with van der Waals surface area (Å²) in [5.41, 5.74) is 6.11. The van der Waals surface area contributed by atoms with Crippen molar-refractivity contribution in [2.24, 2.45) is 5.92 Å². The van der Waals surface area contributed by atoms with Crippen LogP contribution < -0.4 is 0 Å². The van der Waals surface area contributed by atoms with Crippen molar-refractivity contribution in [3.05, 3.63) is 44.6 Å². The first-order chi connectivity index (χ1) is 4.55. The van der Waals surface area contributed by atoms with Gasteiger partial charge < -0.3 is 22.3 Å². The maximum Gasteiger partial charge on any atom is 3.00 e. The molecule has 0 bridgehead atoms. The molecule has 0 unspecified atom stereocenters. The van der Waals surface area contributed by atoms with Gasteiger partial charge in [0.05, 0.1) is 0 Å². The molecule has 14 heavy (non-hydrogen) atoms. The van der Waals surface area contributed by atoms with E-state index in [4.69, 9.17) is 0 Å². The van der Waals surface area contributed by atoms with Crippen molar-refractivity contribution in [1.29, 1.82) is 0 Å². The number of allylic oxidation sites excluding steroid dienone is 4. The van der Waals surface area contributed by atoms with Gasteiger partial charge in [-0.1, -0.05) is 18.1 Å². The Balaban J connectivity index is -0.000000125. The van der Waals surface area contributed by atoms with E-state index in [2.05, 4.69) is 34.6 Å². The molecule has 0 atom stereocenters. The third-order valence-electron chi connectivity index (χ3n) is 3.04. The van der Waals surface area contributed by atoms with Crippen molar-refractivity contribution < 1.29 is 26.2 Å². The molecule has 1 rings (SSSR count). The van der Waals surface area contributed by atoms with Gasteiger partial charge >= 0.3 is 26.2 Å². The van der Waals surface area contributed by atoms with Crippen LogP contribution in [0.25, 0.3) is 0 Å². The van der Waals surface area contributed by atoms with Gasteiger partial charge in [0.15, 0.2) is 0 Å². The van der Waals surface area contributed by atoms with Gasteiger partial charge in [-0.25, -0.2) is 0 Å². The maximum absolute atomic E-state index is 2.28. The average molecular weight is 273 g/mol. The molecule has 1 aliphatic rings. The summed E-state index contributed by atoms with van der Waals surface area (Å²) in [5.74, 6) is 0.694. The van der Waals surface area contributed by atoms with Crippen LogP contribution in [0.15, 0.2) is 22.3 Å². The van der Waals surface area contributed by atoms with Gasteiger partial charge in [-0.2, -0.15) is 0 Å². The monoisotopic (exact) mass is 271 g/mol. The Labute approximate surface area is 111 Å². The molecule has 0 aromatic carbocycles. The van der Waals surface area contributed by atoms with Crippen LogP contribution in [0.1, 0.15) is 34.6 Å². The third kappa shape index (κ3) is 3.85. The standard InChI is InChI=1S/C10H16.3CH3.Zr/c1-6-7(2)9(4)10(5)8(6)3;;;;/h6H,1-5H3;3*1H3;/q;3*-1;+3. The summed E-state index contributed by atoms with van der Waals surface area (Å²) in [6.07, 6.45) is 0. The molecule has 0 saturated heterocycles. The van der Waals surface area contributed by atoms with Gasteiger partial charge in [0.1, 0.15) is 0 Å². The molecule has 1 aliphatic carbocycles. The fourth-order valence-electron chi connectivity index (χ4n) is 1.57. The van der Waals surface area contributed by atoms with Crippen molar-refractivity contribution in [3.8, 4) is 0 Å². The summed E-state index contributed by atoms with van der Waals surface area (Å²) in [5, 5.41) is 0. The molecule has 0 N–H and O–H groups in total. The van der Waals surface area contributed by atoms with Crippen LogP contribution in [0.4, 0.5) is 0 Å². The van der Waals surface area contributed by atoms with Crippen LogP contribution in [0, 0.1) is 28.2 Å².